The van der Waals surface area contributed by atoms with Crippen LogP contribution in [0.5, 0.6) is 0 Å². The number of allylic oxidation sites excluding steroid dienone is 4. The highest BCUT2D eigenvalue weighted by molar-refractivity contribution is 9.10. The van der Waals surface area contributed by atoms with E-state index in [1.807, 2.05) is 63.3 Å². The lowest BCUT2D eigenvalue weighted by molar-refractivity contribution is 0.976. The van der Waals surface area contributed by atoms with Gasteiger partial charge in [-0.2, -0.15) is 0 Å². The van der Waals surface area contributed by atoms with Gasteiger partial charge in [0.05, 0.1) is 27.8 Å². The van der Waals surface area contributed by atoms with E-state index in [0.717, 1.165) is 44.0 Å². The molecule has 0 unspecified atom stereocenters. The van der Waals surface area contributed by atoms with Crippen molar-refractivity contribution in [3.05, 3.63) is 113 Å². The second-order valence-electron chi connectivity index (χ2n) is 6.82. The molecule has 2 aromatic carbocycles. The molecule has 0 radical (unpaired) electrons. The van der Waals surface area contributed by atoms with Gasteiger partial charge < -0.3 is 4.90 Å². The minimum Gasteiger partial charge on any atom is -0.306 e. The van der Waals surface area contributed by atoms with Crippen LogP contribution in [0.4, 0.5) is 5.69 Å². The van der Waals surface area contributed by atoms with Gasteiger partial charge in [-0.15, -0.1) is 0 Å². The van der Waals surface area contributed by atoms with Gasteiger partial charge in [-0.05, 0) is 43.4 Å². The molecule has 4 rings (SSSR count). The fourth-order valence-electron chi connectivity index (χ4n) is 3.81. The number of aromatic nitrogens is 2. The Balaban J connectivity index is 0.00000141. The first-order valence-electron chi connectivity index (χ1n) is 10.7. The van der Waals surface area contributed by atoms with Crippen LogP contribution < -0.4 is 15.6 Å². The second-order valence-corrected chi connectivity index (χ2v) is 7.73. The molecule has 0 saturated carbocycles. The molecular formula is C28H28BrN3. The standard InChI is InChI=1S/C26H22BrN3.C2H6/c1-5-11-21(12-6-2)29-22(7-3)25-18(4)28-26(19-13-9-8-10-14-19)30(25)23-16-15-20(27)17-24(23)29;1-2/h5-17H,1,3-4H2,2H3;1-2H3/b12-6-,21-11+;. The van der Waals surface area contributed by atoms with Crippen LogP contribution in [0.25, 0.3) is 29.4 Å². The number of imidazole rings is 1. The lowest BCUT2D eigenvalue weighted by Gasteiger charge is -2.33. The normalized spacial score (nSPS) is 12.7. The van der Waals surface area contributed by atoms with E-state index in [0.29, 0.717) is 5.35 Å². The van der Waals surface area contributed by atoms with Crippen molar-refractivity contribution < 1.29 is 0 Å². The topological polar surface area (TPSA) is 21.1 Å². The van der Waals surface area contributed by atoms with Gasteiger partial charge in [-0.25, -0.2) is 4.98 Å². The number of benzene rings is 2. The summed E-state index contributed by atoms with van der Waals surface area (Å²) < 4.78 is 3.17. The van der Waals surface area contributed by atoms with E-state index in [2.05, 4.69) is 75.5 Å². The maximum Gasteiger partial charge on any atom is 0.145 e. The Morgan fingerprint density at radius 3 is 2.38 bits per heavy atom. The highest BCUT2D eigenvalue weighted by Gasteiger charge is 2.27. The molecule has 2 heterocycles. The fraction of sp³-hybridized carbons (Fsp3) is 0.107. The molecule has 0 aliphatic carbocycles. The smallest absolute Gasteiger partial charge is 0.145 e. The van der Waals surface area contributed by atoms with Gasteiger partial charge in [-0.1, -0.05) is 92.0 Å². The first-order chi connectivity index (χ1) is 15.6. The maximum atomic E-state index is 4.85. The lowest BCUT2D eigenvalue weighted by atomic mass is 10.1. The van der Waals surface area contributed by atoms with Gasteiger partial charge in [0.2, 0.25) is 0 Å². The number of hydrogen-bond acceptors (Lipinski definition) is 2. The molecule has 0 N–H and O–H groups in total. The predicted molar refractivity (Wildman–Crippen MR) is 142 cm³/mol. The van der Waals surface area contributed by atoms with Crippen molar-refractivity contribution in [1.82, 2.24) is 9.55 Å². The highest BCUT2D eigenvalue weighted by Crippen LogP contribution is 2.37. The summed E-state index contributed by atoms with van der Waals surface area (Å²) in [6.45, 7) is 18.3. The van der Waals surface area contributed by atoms with Crippen molar-refractivity contribution in [3.8, 4) is 17.1 Å². The summed E-state index contributed by atoms with van der Waals surface area (Å²) in [7, 11) is 0. The van der Waals surface area contributed by atoms with Gasteiger partial charge in [-0.3, -0.25) is 4.57 Å². The molecule has 0 saturated heterocycles. The molecule has 0 fully saturated rings. The van der Waals surface area contributed by atoms with E-state index >= 15 is 0 Å². The number of nitrogens with zero attached hydrogens (tertiary/aromatic N) is 3. The van der Waals surface area contributed by atoms with E-state index in [9.17, 15) is 0 Å². The summed E-state index contributed by atoms with van der Waals surface area (Å²) in [6.07, 6.45) is 9.71. The Morgan fingerprint density at radius 1 is 1.03 bits per heavy atom. The van der Waals surface area contributed by atoms with Crippen LogP contribution in [0, 0.1) is 0 Å². The number of halogens is 1. The summed E-state index contributed by atoms with van der Waals surface area (Å²) in [5, 5.41) is 1.64. The summed E-state index contributed by atoms with van der Waals surface area (Å²) in [6, 6.07) is 16.4. The largest absolute Gasteiger partial charge is 0.306 e. The van der Waals surface area contributed by atoms with Crippen molar-refractivity contribution in [2.75, 3.05) is 4.90 Å². The van der Waals surface area contributed by atoms with Crippen molar-refractivity contribution in [2.45, 2.75) is 20.8 Å². The molecule has 32 heavy (non-hydrogen) atoms. The minimum absolute atomic E-state index is 0.709. The highest BCUT2D eigenvalue weighted by atomic mass is 79.9. The maximum absolute atomic E-state index is 4.85. The van der Waals surface area contributed by atoms with Crippen LogP contribution in [-0.4, -0.2) is 9.55 Å². The van der Waals surface area contributed by atoms with E-state index in [4.69, 9.17) is 4.98 Å². The van der Waals surface area contributed by atoms with Crippen molar-refractivity contribution in [3.63, 3.8) is 0 Å². The summed E-state index contributed by atoms with van der Waals surface area (Å²) in [5.41, 5.74) is 4.99. The first kappa shape index (κ1) is 23.3. The lowest BCUT2D eigenvalue weighted by Crippen LogP contribution is -2.40. The van der Waals surface area contributed by atoms with E-state index in [-0.39, 0.29) is 0 Å². The average molecular weight is 486 g/mol. The average Bonchev–Trinajstić information content (AvgIpc) is 3.17. The molecular weight excluding hydrogens is 458 g/mol. The zero-order valence-corrected chi connectivity index (χ0v) is 20.4. The molecule has 1 aliphatic rings. The molecule has 162 valence electrons. The number of anilines is 1. The Kier molecular flexibility index (Phi) is 7.49. The molecule has 0 spiro atoms. The van der Waals surface area contributed by atoms with Crippen molar-refractivity contribution in [2.24, 2.45) is 0 Å². The predicted octanol–water partition coefficient (Wildman–Crippen LogP) is 6.50. The van der Waals surface area contributed by atoms with Crippen LogP contribution in [-0.2, 0) is 0 Å². The SMILES string of the molecule is C=C/C=C(\C=C/C)N1C(C=C)=c2c(=C)nc(-c3ccccc3)n2-c2ccc(Br)cc21.CC. The molecule has 3 nitrogen and oxygen atoms in total. The van der Waals surface area contributed by atoms with Crippen molar-refractivity contribution in [1.29, 1.82) is 0 Å². The quantitative estimate of drug-likeness (QED) is 0.384. The molecule has 1 aromatic heterocycles. The molecule has 3 aromatic rings. The van der Waals surface area contributed by atoms with Gasteiger partial charge in [0.15, 0.2) is 0 Å². The second kappa shape index (κ2) is 10.3. The third-order valence-electron chi connectivity index (χ3n) is 4.96. The van der Waals surface area contributed by atoms with Gasteiger partial charge in [0.1, 0.15) is 5.82 Å². The number of hydrogen-bond donors (Lipinski definition) is 0. The fourth-order valence-corrected chi connectivity index (χ4v) is 4.16. The van der Waals surface area contributed by atoms with Crippen LogP contribution in [0.1, 0.15) is 20.8 Å². The first-order valence-corrected chi connectivity index (χ1v) is 11.4. The molecule has 4 heteroatoms. The van der Waals surface area contributed by atoms with Crippen LogP contribution in [0.15, 0.2) is 102 Å². The Hall–Kier alpha value is -3.37. The minimum atomic E-state index is 0.709. The van der Waals surface area contributed by atoms with Crippen LogP contribution in [0.2, 0.25) is 0 Å². The van der Waals surface area contributed by atoms with Gasteiger partial charge in [0.25, 0.3) is 0 Å². The summed E-state index contributed by atoms with van der Waals surface area (Å²) in [5.74, 6) is 0.860. The Morgan fingerprint density at radius 2 is 1.75 bits per heavy atom. The zero-order valence-electron chi connectivity index (χ0n) is 18.8. The van der Waals surface area contributed by atoms with Crippen LogP contribution in [0.3, 0.4) is 0 Å². The van der Waals surface area contributed by atoms with Crippen LogP contribution >= 0.6 is 15.9 Å². The van der Waals surface area contributed by atoms with E-state index in [1.54, 1.807) is 6.08 Å². The van der Waals surface area contributed by atoms with Gasteiger partial charge in [0, 0.05) is 15.7 Å². The zero-order chi connectivity index (χ0) is 23.3. The molecule has 0 bridgehead atoms. The molecule has 0 atom stereocenters. The summed E-state index contributed by atoms with van der Waals surface area (Å²) in [4.78, 5) is 7.03. The van der Waals surface area contributed by atoms with Crippen molar-refractivity contribution >= 4 is 33.9 Å². The molecule has 1 aliphatic heterocycles. The number of rotatable bonds is 5. The van der Waals surface area contributed by atoms with E-state index in [1.165, 1.54) is 0 Å². The number of fused-ring (bicyclic) bond motifs is 3. The third-order valence-corrected chi connectivity index (χ3v) is 5.46. The van der Waals surface area contributed by atoms with Gasteiger partial charge >= 0.3 is 0 Å². The molecule has 0 amide bonds. The Bertz CT molecular complexity index is 1310. The monoisotopic (exact) mass is 485 g/mol. The Labute approximate surface area is 198 Å². The summed E-state index contributed by atoms with van der Waals surface area (Å²) >= 11 is 3.64. The third kappa shape index (κ3) is 4.06. The van der Waals surface area contributed by atoms with E-state index < -0.39 is 0 Å².